The van der Waals surface area contributed by atoms with E-state index in [-0.39, 0.29) is 30.5 Å². The van der Waals surface area contributed by atoms with Crippen LogP contribution in [-0.2, 0) is 6.18 Å². The first-order chi connectivity index (χ1) is 16.2. The summed E-state index contributed by atoms with van der Waals surface area (Å²) in [4.78, 5) is 38.1. The summed E-state index contributed by atoms with van der Waals surface area (Å²) in [6.45, 7) is 2.86. The molecule has 0 bridgehead atoms. The zero-order chi connectivity index (χ0) is 24.5. The molecule has 34 heavy (non-hydrogen) atoms. The van der Waals surface area contributed by atoms with Crippen LogP contribution in [0.1, 0.15) is 32.0 Å². The molecule has 3 heterocycles. The van der Waals surface area contributed by atoms with Gasteiger partial charge >= 0.3 is 6.18 Å². The molecule has 11 heteroatoms. The molecule has 4 rings (SSSR count). The minimum absolute atomic E-state index is 0.176. The summed E-state index contributed by atoms with van der Waals surface area (Å²) in [7, 11) is 0. The highest BCUT2D eigenvalue weighted by Crippen LogP contribution is 2.30. The van der Waals surface area contributed by atoms with E-state index in [1.807, 2.05) is 6.26 Å². The van der Waals surface area contributed by atoms with E-state index in [1.165, 1.54) is 35.1 Å². The smallest absolute Gasteiger partial charge is 0.416 e. The molecule has 2 amide bonds. The molecule has 1 aliphatic heterocycles. The van der Waals surface area contributed by atoms with Crippen LogP contribution in [-0.4, -0.2) is 64.0 Å². The van der Waals surface area contributed by atoms with Gasteiger partial charge in [-0.2, -0.15) is 13.2 Å². The average molecular weight is 491 g/mol. The SMILES string of the molecule is CSc1nc(-c2ccco2)nc(C)c1C(=O)N1CCN(C(=O)c2ccc(C(F)(F)F)cc2)CC1. The van der Waals surface area contributed by atoms with Gasteiger partial charge in [0.05, 0.1) is 23.1 Å². The van der Waals surface area contributed by atoms with Crippen LogP contribution in [0.2, 0.25) is 0 Å². The largest absolute Gasteiger partial charge is 0.461 e. The van der Waals surface area contributed by atoms with Crippen molar-refractivity contribution in [3.05, 3.63) is 65.0 Å². The van der Waals surface area contributed by atoms with Crippen molar-refractivity contribution in [2.75, 3.05) is 32.4 Å². The van der Waals surface area contributed by atoms with Gasteiger partial charge in [-0.15, -0.1) is 11.8 Å². The third-order valence-corrected chi connectivity index (χ3v) is 6.20. The van der Waals surface area contributed by atoms with Gasteiger partial charge in [0.25, 0.3) is 11.8 Å². The molecule has 3 aromatic rings. The van der Waals surface area contributed by atoms with E-state index in [0.29, 0.717) is 41.0 Å². The summed E-state index contributed by atoms with van der Waals surface area (Å²) in [5.41, 5.74) is 0.305. The molecule has 7 nitrogen and oxygen atoms in total. The molecule has 1 aromatic carbocycles. The number of piperazine rings is 1. The molecule has 1 fully saturated rings. The fourth-order valence-electron chi connectivity index (χ4n) is 3.71. The Morgan fingerprint density at radius 1 is 0.971 bits per heavy atom. The number of rotatable bonds is 4. The maximum atomic E-state index is 13.3. The van der Waals surface area contributed by atoms with Crippen LogP contribution in [0.25, 0.3) is 11.6 Å². The number of hydrogen-bond acceptors (Lipinski definition) is 6. The van der Waals surface area contributed by atoms with E-state index < -0.39 is 11.7 Å². The second-order valence-electron chi connectivity index (χ2n) is 7.65. The van der Waals surface area contributed by atoms with E-state index in [2.05, 4.69) is 9.97 Å². The summed E-state index contributed by atoms with van der Waals surface area (Å²) in [6.07, 6.45) is -1.11. The Hall–Kier alpha value is -3.34. The molecule has 1 saturated heterocycles. The Balaban J connectivity index is 1.45. The van der Waals surface area contributed by atoms with Crippen molar-refractivity contribution in [3.63, 3.8) is 0 Å². The third-order valence-electron chi connectivity index (χ3n) is 5.52. The lowest BCUT2D eigenvalue weighted by atomic mass is 10.1. The number of benzene rings is 1. The summed E-state index contributed by atoms with van der Waals surface area (Å²) in [5, 5.41) is 0.534. The number of aromatic nitrogens is 2. The summed E-state index contributed by atoms with van der Waals surface area (Å²) in [5.74, 6) is 0.311. The lowest BCUT2D eigenvalue weighted by molar-refractivity contribution is -0.137. The van der Waals surface area contributed by atoms with Crippen LogP contribution in [0.4, 0.5) is 13.2 Å². The Kier molecular flexibility index (Phi) is 6.65. The monoisotopic (exact) mass is 490 g/mol. The number of amides is 2. The molecule has 0 N–H and O–H groups in total. The quantitative estimate of drug-likeness (QED) is 0.399. The standard InChI is InChI=1S/C23H21F3N4O3S/c1-14-18(20(34-2)28-19(27-14)17-4-3-13-33-17)22(32)30-11-9-29(10-12-30)21(31)15-5-7-16(8-6-15)23(24,25)26/h3-8,13H,9-12H2,1-2H3. The van der Waals surface area contributed by atoms with E-state index in [9.17, 15) is 22.8 Å². The Morgan fingerprint density at radius 2 is 1.59 bits per heavy atom. The van der Waals surface area contributed by atoms with Gasteiger partial charge in [0, 0.05) is 31.7 Å². The van der Waals surface area contributed by atoms with Crippen molar-refractivity contribution in [1.29, 1.82) is 0 Å². The van der Waals surface area contributed by atoms with Gasteiger partial charge in [0.1, 0.15) is 5.03 Å². The summed E-state index contributed by atoms with van der Waals surface area (Å²) in [6, 6.07) is 7.62. The second-order valence-corrected chi connectivity index (χ2v) is 8.45. The molecule has 2 aromatic heterocycles. The maximum Gasteiger partial charge on any atom is 0.416 e. The second kappa shape index (κ2) is 9.49. The van der Waals surface area contributed by atoms with Crippen molar-refractivity contribution >= 4 is 23.6 Å². The van der Waals surface area contributed by atoms with Crippen molar-refractivity contribution in [2.45, 2.75) is 18.1 Å². The number of hydrogen-bond donors (Lipinski definition) is 0. The molecule has 0 aliphatic carbocycles. The van der Waals surface area contributed by atoms with Crippen LogP contribution < -0.4 is 0 Å². The van der Waals surface area contributed by atoms with Gasteiger partial charge in [-0.1, -0.05) is 0 Å². The number of carbonyl (C=O) groups is 2. The van der Waals surface area contributed by atoms with Crippen LogP contribution >= 0.6 is 11.8 Å². The number of halogens is 3. The van der Waals surface area contributed by atoms with Crippen LogP contribution in [0.5, 0.6) is 0 Å². The maximum absolute atomic E-state index is 13.3. The zero-order valence-corrected chi connectivity index (χ0v) is 19.2. The Bertz CT molecular complexity index is 1190. The Morgan fingerprint density at radius 3 is 2.12 bits per heavy atom. The van der Waals surface area contributed by atoms with Crippen molar-refractivity contribution in [2.24, 2.45) is 0 Å². The molecular weight excluding hydrogens is 469 g/mol. The molecule has 1 aliphatic rings. The van der Waals surface area contributed by atoms with Crippen LogP contribution in [0.15, 0.2) is 52.1 Å². The lowest BCUT2D eigenvalue weighted by Gasteiger charge is -2.35. The number of furan rings is 1. The predicted octanol–water partition coefficient (Wildman–Crippen LogP) is 4.38. The van der Waals surface area contributed by atoms with Gasteiger partial charge in [-0.3, -0.25) is 9.59 Å². The van der Waals surface area contributed by atoms with Gasteiger partial charge in [-0.05, 0) is 49.6 Å². The lowest BCUT2D eigenvalue weighted by Crippen LogP contribution is -2.50. The fraction of sp³-hybridized carbons (Fsp3) is 0.304. The predicted molar refractivity (Wildman–Crippen MR) is 120 cm³/mol. The number of aryl methyl sites for hydroxylation is 1. The number of carbonyl (C=O) groups excluding carboxylic acids is 2. The first kappa shape index (κ1) is 23.8. The topological polar surface area (TPSA) is 79.5 Å². The molecule has 178 valence electrons. The van der Waals surface area contributed by atoms with Crippen molar-refractivity contribution in [1.82, 2.24) is 19.8 Å². The van der Waals surface area contributed by atoms with Crippen molar-refractivity contribution in [3.8, 4) is 11.6 Å². The zero-order valence-electron chi connectivity index (χ0n) is 18.4. The summed E-state index contributed by atoms with van der Waals surface area (Å²) < 4.78 is 43.6. The number of nitrogens with zero attached hydrogens (tertiary/aromatic N) is 4. The van der Waals surface area contributed by atoms with Crippen LogP contribution in [0, 0.1) is 6.92 Å². The first-order valence-electron chi connectivity index (χ1n) is 10.4. The van der Waals surface area contributed by atoms with Gasteiger partial charge < -0.3 is 14.2 Å². The molecule has 0 spiro atoms. The third kappa shape index (κ3) is 4.79. The minimum Gasteiger partial charge on any atom is -0.461 e. The van der Waals surface area contributed by atoms with E-state index in [1.54, 1.807) is 24.0 Å². The molecule has 0 atom stereocenters. The fourth-order valence-corrected chi connectivity index (χ4v) is 4.33. The summed E-state index contributed by atoms with van der Waals surface area (Å²) >= 11 is 1.33. The van der Waals surface area contributed by atoms with E-state index in [0.717, 1.165) is 12.1 Å². The highest BCUT2D eigenvalue weighted by atomic mass is 32.2. The highest BCUT2D eigenvalue weighted by Gasteiger charge is 2.32. The average Bonchev–Trinajstić information content (AvgIpc) is 3.37. The normalized spacial score (nSPS) is 14.4. The highest BCUT2D eigenvalue weighted by molar-refractivity contribution is 7.98. The van der Waals surface area contributed by atoms with E-state index in [4.69, 9.17) is 4.42 Å². The van der Waals surface area contributed by atoms with Crippen molar-refractivity contribution < 1.29 is 27.2 Å². The number of alkyl halides is 3. The molecule has 0 radical (unpaired) electrons. The van der Waals surface area contributed by atoms with Gasteiger partial charge in [0.15, 0.2) is 11.6 Å². The Labute approximate surface area is 198 Å². The van der Waals surface area contributed by atoms with Gasteiger partial charge in [-0.25, -0.2) is 9.97 Å². The first-order valence-corrected chi connectivity index (χ1v) is 11.6. The molecular formula is C23H21F3N4O3S. The molecule has 0 saturated carbocycles. The number of thioether (sulfide) groups is 1. The van der Waals surface area contributed by atoms with E-state index >= 15 is 0 Å². The minimum atomic E-state index is -4.46. The van der Waals surface area contributed by atoms with Gasteiger partial charge in [0.2, 0.25) is 0 Å². The van der Waals surface area contributed by atoms with Crippen LogP contribution in [0.3, 0.4) is 0 Å². The molecule has 0 unspecified atom stereocenters.